The number of rotatable bonds is 7. The Morgan fingerprint density at radius 1 is 0.806 bits per heavy atom. The zero-order valence-electron chi connectivity index (χ0n) is 18.5. The number of fused-ring (bicyclic) bond motifs is 1. The summed E-state index contributed by atoms with van der Waals surface area (Å²) in [5, 5.41) is 8.17. The van der Waals surface area contributed by atoms with Crippen LogP contribution in [0.3, 0.4) is 0 Å². The monoisotopic (exact) mass is 421 g/mol. The topological polar surface area (TPSA) is 61.4 Å². The van der Waals surface area contributed by atoms with Crippen LogP contribution in [0, 0.1) is 0 Å². The summed E-state index contributed by atoms with van der Waals surface area (Å²) in [5.41, 5.74) is 1.10. The highest BCUT2D eigenvalue weighted by molar-refractivity contribution is 5.91. The molecule has 1 aliphatic heterocycles. The molecule has 31 heavy (non-hydrogen) atoms. The van der Waals surface area contributed by atoms with Gasteiger partial charge in [-0.15, -0.1) is 0 Å². The summed E-state index contributed by atoms with van der Waals surface area (Å²) in [6.45, 7) is 3.04. The summed E-state index contributed by atoms with van der Waals surface area (Å²) in [6, 6.07) is 14.1. The molecule has 2 fully saturated rings. The maximum absolute atomic E-state index is 12.5. The Morgan fingerprint density at radius 3 is 2.32 bits per heavy atom. The molecule has 2 aromatic carbocycles. The summed E-state index contributed by atoms with van der Waals surface area (Å²) < 4.78 is 0. The van der Waals surface area contributed by atoms with E-state index in [1.807, 2.05) is 42.5 Å². The van der Waals surface area contributed by atoms with Crippen LogP contribution in [-0.2, 0) is 16.0 Å². The first-order chi connectivity index (χ1) is 15.2. The Hall–Kier alpha value is -2.40. The molecule has 5 nitrogen and oxygen atoms in total. The van der Waals surface area contributed by atoms with Crippen LogP contribution < -0.4 is 10.6 Å². The summed E-state index contributed by atoms with van der Waals surface area (Å²) >= 11 is 0. The van der Waals surface area contributed by atoms with Gasteiger partial charge in [-0.05, 0) is 55.1 Å². The van der Waals surface area contributed by atoms with E-state index in [-0.39, 0.29) is 30.3 Å². The molecule has 4 rings (SSSR count). The predicted octanol–water partition coefficient (Wildman–Crippen LogP) is 3.80. The molecule has 1 saturated heterocycles. The van der Waals surface area contributed by atoms with Gasteiger partial charge in [-0.25, -0.2) is 0 Å². The molecule has 1 saturated carbocycles. The molecule has 2 amide bonds. The zero-order chi connectivity index (χ0) is 21.5. The summed E-state index contributed by atoms with van der Waals surface area (Å²) in [5.74, 6) is -0.205. The average Bonchev–Trinajstić information content (AvgIpc) is 2.83. The third-order valence-corrected chi connectivity index (χ3v) is 7.10. The molecule has 2 aromatic rings. The molecule has 0 atom stereocenters. The van der Waals surface area contributed by atoms with Crippen LogP contribution in [0.1, 0.15) is 56.9 Å². The lowest BCUT2D eigenvalue weighted by Gasteiger charge is -2.48. The lowest BCUT2D eigenvalue weighted by Crippen LogP contribution is -2.58. The maximum atomic E-state index is 12.5. The third kappa shape index (κ3) is 5.45. The van der Waals surface area contributed by atoms with Gasteiger partial charge in [-0.1, -0.05) is 68.1 Å². The number of carbonyl (C=O) groups excluding carboxylic acids is 2. The molecule has 166 valence electrons. The Balaban J connectivity index is 1.28. The number of nitrogens with one attached hydrogen (secondary N) is 2. The number of nitrogens with zero attached hydrogens (tertiary/aromatic N) is 1. The molecule has 2 aliphatic rings. The van der Waals surface area contributed by atoms with Crippen LogP contribution in [0.25, 0.3) is 10.8 Å². The molecule has 0 radical (unpaired) electrons. The van der Waals surface area contributed by atoms with Crippen LogP contribution in [0.4, 0.5) is 0 Å². The fourth-order valence-corrected chi connectivity index (χ4v) is 5.37. The first kappa shape index (κ1) is 21.8. The van der Waals surface area contributed by atoms with Gasteiger partial charge in [0.15, 0.2) is 0 Å². The summed E-state index contributed by atoms with van der Waals surface area (Å²) in [4.78, 5) is 27.6. The lowest BCUT2D eigenvalue weighted by atomic mass is 9.79. The van der Waals surface area contributed by atoms with E-state index in [1.165, 1.54) is 51.4 Å². The van der Waals surface area contributed by atoms with Crippen molar-refractivity contribution in [2.45, 2.75) is 63.3 Å². The SMILES string of the molecule is O=C(CNC(=O)Cc1cccc2ccccc12)NCC1(N2CCCCC2)CCCCC1. The number of hydrogen-bond donors (Lipinski definition) is 2. The molecular weight excluding hydrogens is 386 g/mol. The number of likely N-dealkylation sites (tertiary alicyclic amines) is 1. The van der Waals surface area contributed by atoms with Gasteiger partial charge in [0.1, 0.15) is 0 Å². The first-order valence-electron chi connectivity index (χ1n) is 11.9. The Kier molecular flexibility index (Phi) is 7.23. The van der Waals surface area contributed by atoms with Crippen LogP contribution in [0.5, 0.6) is 0 Å². The van der Waals surface area contributed by atoms with Crippen LogP contribution in [0.15, 0.2) is 42.5 Å². The Bertz CT molecular complexity index is 893. The average molecular weight is 422 g/mol. The molecule has 0 aromatic heterocycles. The highest BCUT2D eigenvalue weighted by Crippen LogP contribution is 2.35. The fourth-order valence-electron chi connectivity index (χ4n) is 5.37. The predicted molar refractivity (Wildman–Crippen MR) is 125 cm³/mol. The molecule has 1 aliphatic carbocycles. The summed E-state index contributed by atoms with van der Waals surface area (Å²) in [7, 11) is 0. The molecule has 2 N–H and O–H groups in total. The minimum atomic E-state index is -0.116. The van der Waals surface area contributed by atoms with E-state index in [4.69, 9.17) is 0 Å². The first-order valence-corrected chi connectivity index (χ1v) is 11.9. The second-order valence-corrected chi connectivity index (χ2v) is 9.20. The van der Waals surface area contributed by atoms with Crippen molar-refractivity contribution in [1.29, 1.82) is 0 Å². The smallest absolute Gasteiger partial charge is 0.239 e. The van der Waals surface area contributed by atoms with E-state index in [0.717, 1.165) is 29.4 Å². The molecule has 0 spiro atoms. The highest BCUT2D eigenvalue weighted by atomic mass is 16.2. The highest BCUT2D eigenvalue weighted by Gasteiger charge is 2.38. The maximum Gasteiger partial charge on any atom is 0.239 e. The molecular formula is C26H35N3O2. The van der Waals surface area contributed by atoms with Gasteiger partial charge < -0.3 is 10.6 Å². The van der Waals surface area contributed by atoms with E-state index >= 15 is 0 Å². The third-order valence-electron chi connectivity index (χ3n) is 7.10. The number of benzene rings is 2. The van der Waals surface area contributed by atoms with Gasteiger partial charge in [0, 0.05) is 12.1 Å². The normalized spacial score (nSPS) is 19.1. The van der Waals surface area contributed by atoms with Gasteiger partial charge in [0.05, 0.1) is 13.0 Å². The second-order valence-electron chi connectivity index (χ2n) is 9.20. The Morgan fingerprint density at radius 2 is 1.52 bits per heavy atom. The molecule has 0 unspecified atom stereocenters. The summed E-state index contributed by atoms with van der Waals surface area (Å²) in [6.07, 6.45) is 10.3. The quantitative estimate of drug-likeness (QED) is 0.715. The molecule has 0 bridgehead atoms. The van der Waals surface area contributed by atoms with E-state index < -0.39 is 0 Å². The van der Waals surface area contributed by atoms with Crippen molar-refractivity contribution in [2.24, 2.45) is 0 Å². The number of piperidine rings is 1. The van der Waals surface area contributed by atoms with Crippen LogP contribution in [0.2, 0.25) is 0 Å². The fraction of sp³-hybridized carbons (Fsp3) is 0.538. The van der Waals surface area contributed by atoms with Crippen molar-refractivity contribution in [3.8, 4) is 0 Å². The second kappa shape index (κ2) is 10.3. The van der Waals surface area contributed by atoms with Crippen molar-refractivity contribution >= 4 is 22.6 Å². The number of amides is 2. The van der Waals surface area contributed by atoms with Gasteiger partial charge in [-0.2, -0.15) is 0 Å². The standard InChI is InChI=1S/C26H35N3O2/c30-24(18-22-12-9-11-21-10-3-4-13-23(21)22)27-19-25(31)28-20-26(14-5-1-6-15-26)29-16-7-2-8-17-29/h3-4,9-13H,1-2,5-8,14-20H2,(H,27,30)(H,28,31). The van der Waals surface area contributed by atoms with Crippen molar-refractivity contribution in [3.05, 3.63) is 48.0 Å². The molecule has 5 heteroatoms. The van der Waals surface area contributed by atoms with E-state index in [9.17, 15) is 9.59 Å². The van der Waals surface area contributed by atoms with Gasteiger partial charge in [-0.3, -0.25) is 14.5 Å². The van der Waals surface area contributed by atoms with E-state index in [0.29, 0.717) is 6.54 Å². The van der Waals surface area contributed by atoms with Crippen molar-refractivity contribution < 1.29 is 9.59 Å². The Labute approximate surface area is 185 Å². The van der Waals surface area contributed by atoms with Crippen molar-refractivity contribution in [1.82, 2.24) is 15.5 Å². The van der Waals surface area contributed by atoms with Crippen LogP contribution in [-0.4, -0.2) is 48.4 Å². The molecule has 1 heterocycles. The number of carbonyl (C=O) groups is 2. The largest absolute Gasteiger partial charge is 0.353 e. The van der Waals surface area contributed by atoms with Crippen LogP contribution >= 0.6 is 0 Å². The number of hydrogen-bond acceptors (Lipinski definition) is 3. The lowest BCUT2D eigenvalue weighted by molar-refractivity contribution is -0.126. The van der Waals surface area contributed by atoms with Gasteiger partial charge >= 0.3 is 0 Å². The zero-order valence-corrected chi connectivity index (χ0v) is 18.5. The van der Waals surface area contributed by atoms with Crippen molar-refractivity contribution in [3.63, 3.8) is 0 Å². The van der Waals surface area contributed by atoms with Gasteiger partial charge in [0.2, 0.25) is 11.8 Å². The van der Waals surface area contributed by atoms with Crippen molar-refractivity contribution in [2.75, 3.05) is 26.2 Å². The minimum absolute atomic E-state index is 0.0413. The minimum Gasteiger partial charge on any atom is -0.353 e. The van der Waals surface area contributed by atoms with Gasteiger partial charge in [0.25, 0.3) is 0 Å². The van der Waals surface area contributed by atoms with E-state index in [2.05, 4.69) is 15.5 Å². The van der Waals surface area contributed by atoms with E-state index in [1.54, 1.807) is 0 Å².